The Balaban J connectivity index is 1.41. The summed E-state index contributed by atoms with van der Waals surface area (Å²) in [6, 6.07) is 17.4. The smallest absolute Gasteiger partial charge is 0.344 e. The largest absolute Gasteiger partial charge is 0.482 e. The van der Waals surface area contributed by atoms with Crippen LogP contribution in [0, 0.1) is 0 Å². The van der Waals surface area contributed by atoms with Crippen LogP contribution < -0.4 is 14.8 Å². The molecule has 3 aromatic carbocycles. The van der Waals surface area contributed by atoms with Crippen molar-refractivity contribution in [3.05, 3.63) is 99.0 Å². The van der Waals surface area contributed by atoms with Gasteiger partial charge in [-0.2, -0.15) is 0 Å². The van der Waals surface area contributed by atoms with Gasteiger partial charge < -0.3 is 19.7 Å². The van der Waals surface area contributed by atoms with E-state index in [0.29, 0.717) is 58.3 Å². The van der Waals surface area contributed by atoms with Gasteiger partial charge >= 0.3 is 5.97 Å². The van der Waals surface area contributed by atoms with Crippen LogP contribution in [-0.2, 0) is 30.8 Å². The molecule has 0 saturated heterocycles. The Hall–Kier alpha value is -3.64. The zero-order valence-corrected chi connectivity index (χ0v) is 30.9. The lowest BCUT2D eigenvalue weighted by Gasteiger charge is -2.49. The SMILES string of the molecule is CC(C)(C)OC(=O)COc1ccc(CCNC(=O)[C@H]2c3ccccc3C(=O)N([C@H]3CCCC[C@@H]3NS(C)(=O)=O)[C@@H]2c2ccc(Cl)cc2Cl)cc1. The molecule has 1 aliphatic carbocycles. The molecule has 0 unspecified atom stereocenters. The number of hydrogen-bond acceptors (Lipinski definition) is 7. The van der Waals surface area contributed by atoms with Crippen LogP contribution in [0.4, 0.5) is 0 Å². The predicted molar refractivity (Wildman–Crippen MR) is 193 cm³/mol. The van der Waals surface area contributed by atoms with E-state index >= 15 is 0 Å². The van der Waals surface area contributed by atoms with Crippen LogP contribution in [0.1, 0.15) is 85.5 Å². The Labute approximate surface area is 303 Å². The topological polar surface area (TPSA) is 131 Å². The lowest BCUT2D eigenvalue weighted by molar-refractivity contribution is -0.157. The van der Waals surface area contributed by atoms with Gasteiger partial charge in [-0.1, -0.05) is 72.4 Å². The maximum absolute atomic E-state index is 14.4. The molecule has 1 fully saturated rings. The molecule has 1 saturated carbocycles. The molecule has 5 rings (SSSR count). The standard InChI is InChI=1S/C37H43Cl2N3O7S/c1-37(2,3)49-32(43)22-48-25-16-13-23(14-17-25)19-20-40-35(44)33-26-9-5-6-10-27(26)36(45)42(34(33)28-18-15-24(38)21-29(28)39)31-12-8-7-11-30(31)41-50(4,46)47/h5-6,9-10,13-18,21,30-31,33-34,41H,7-8,11-12,19-20,22H2,1-4H3,(H,40,44)/t30-,31-,33-,34+/m0/s1. The number of carbonyl (C=O) groups excluding carboxylic acids is 3. The van der Waals surface area contributed by atoms with Crippen LogP contribution in [-0.4, -0.2) is 68.2 Å². The van der Waals surface area contributed by atoms with Gasteiger partial charge in [-0.3, -0.25) is 9.59 Å². The summed E-state index contributed by atoms with van der Waals surface area (Å²) in [4.78, 5) is 42.5. The summed E-state index contributed by atoms with van der Waals surface area (Å²) in [5.74, 6) is -1.39. The van der Waals surface area contributed by atoms with Gasteiger partial charge in [-0.05, 0) is 87.1 Å². The van der Waals surface area contributed by atoms with Crippen molar-refractivity contribution in [3.63, 3.8) is 0 Å². The van der Waals surface area contributed by atoms with Crippen LogP contribution in [0.15, 0.2) is 66.7 Å². The quantitative estimate of drug-likeness (QED) is 0.223. The minimum Gasteiger partial charge on any atom is -0.482 e. The van der Waals surface area contributed by atoms with Crippen molar-refractivity contribution in [2.75, 3.05) is 19.4 Å². The number of sulfonamides is 1. The summed E-state index contributed by atoms with van der Waals surface area (Å²) in [6.45, 7) is 5.46. The molecule has 0 aromatic heterocycles. The molecular weight excluding hydrogens is 701 g/mol. The highest BCUT2D eigenvalue weighted by atomic mass is 35.5. The minimum atomic E-state index is -3.59. The third-order valence-corrected chi connectivity index (χ3v) is 10.1. The first-order valence-corrected chi connectivity index (χ1v) is 19.3. The normalized spacial score (nSPS) is 20.9. The predicted octanol–water partition coefficient (Wildman–Crippen LogP) is 6.21. The first-order chi connectivity index (χ1) is 23.6. The number of fused-ring (bicyclic) bond motifs is 1. The third-order valence-electron chi connectivity index (χ3n) is 8.80. The fourth-order valence-electron chi connectivity index (χ4n) is 6.83. The van der Waals surface area contributed by atoms with Crippen molar-refractivity contribution in [1.82, 2.24) is 14.9 Å². The van der Waals surface area contributed by atoms with Crippen molar-refractivity contribution in [1.29, 1.82) is 0 Å². The molecule has 50 heavy (non-hydrogen) atoms. The van der Waals surface area contributed by atoms with E-state index in [4.69, 9.17) is 32.7 Å². The number of nitrogens with one attached hydrogen (secondary N) is 2. The highest BCUT2D eigenvalue weighted by Gasteiger charge is 2.49. The van der Waals surface area contributed by atoms with Gasteiger partial charge in [-0.15, -0.1) is 0 Å². The van der Waals surface area contributed by atoms with Gasteiger partial charge in [0.15, 0.2) is 6.61 Å². The van der Waals surface area contributed by atoms with Crippen LogP contribution in [0.2, 0.25) is 10.0 Å². The van der Waals surface area contributed by atoms with Crippen molar-refractivity contribution < 1.29 is 32.3 Å². The maximum Gasteiger partial charge on any atom is 0.344 e. The molecule has 10 nitrogen and oxygen atoms in total. The monoisotopic (exact) mass is 743 g/mol. The van der Waals surface area contributed by atoms with Crippen molar-refractivity contribution in [2.24, 2.45) is 0 Å². The molecular formula is C37H43Cl2N3O7S. The zero-order valence-electron chi connectivity index (χ0n) is 28.6. The Kier molecular flexibility index (Phi) is 11.8. The second-order valence-electron chi connectivity index (χ2n) is 13.8. The van der Waals surface area contributed by atoms with E-state index in [-0.39, 0.29) is 18.4 Å². The van der Waals surface area contributed by atoms with Crippen LogP contribution in [0.25, 0.3) is 0 Å². The zero-order chi connectivity index (χ0) is 36.2. The number of hydrogen-bond donors (Lipinski definition) is 2. The number of amides is 2. The van der Waals surface area contributed by atoms with Crippen molar-refractivity contribution >= 4 is 51.0 Å². The van der Waals surface area contributed by atoms with Gasteiger partial charge in [0.05, 0.1) is 18.2 Å². The van der Waals surface area contributed by atoms with Gasteiger partial charge in [-0.25, -0.2) is 17.9 Å². The average Bonchev–Trinajstić information content (AvgIpc) is 3.03. The summed E-state index contributed by atoms with van der Waals surface area (Å²) >= 11 is 13.1. The number of nitrogens with zero attached hydrogens (tertiary/aromatic N) is 1. The fraction of sp³-hybridized carbons (Fsp3) is 0.432. The molecule has 2 aliphatic rings. The number of esters is 1. The summed E-state index contributed by atoms with van der Waals surface area (Å²) in [5.41, 5.74) is 1.84. The Morgan fingerprint density at radius 3 is 2.34 bits per heavy atom. The number of carbonyl (C=O) groups is 3. The second-order valence-corrected chi connectivity index (χ2v) is 16.4. The van der Waals surface area contributed by atoms with Crippen LogP contribution >= 0.6 is 23.2 Å². The molecule has 2 N–H and O–H groups in total. The highest BCUT2D eigenvalue weighted by molar-refractivity contribution is 7.88. The van der Waals surface area contributed by atoms with E-state index in [9.17, 15) is 22.8 Å². The van der Waals surface area contributed by atoms with Gasteiger partial charge in [0, 0.05) is 34.2 Å². The number of benzene rings is 3. The highest BCUT2D eigenvalue weighted by Crippen LogP contribution is 2.47. The van der Waals surface area contributed by atoms with E-state index < -0.39 is 45.6 Å². The summed E-state index contributed by atoms with van der Waals surface area (Å²) in [5, 5.41) is 3.79. The van der Waals surface area contributed by atoms with Gasteiger partial charge in [0.2, 0.25) is 15.9 Å². The summed E-state index contributed by atoms with van der Waals surface area (Å²) in [7, 11) is -3.59. The number of halogens is 2. The molecule has 13 heteroatoms. The Morgan fingerprint density at radius 2 is 1.66 bits per heavy atom. The first kappa shape index (κ1) is 37.6. The number of ether oxygens (including phenoxy) is 2. The third kappa shape index (κ3) is 9.37. The summed E-state index contributed by atoms with van der Waals surface area (Å²) < 4.78 is 38.5. The molecule has 0 bridgehead atoms. The summed E-state index contributed by atoms with van der Waals surface area (Å²) in [6.07, 6.45) is 4.31. The average molecular weight is 745 g/mol. The second kappa shape index (κ2) is 15.7. The molecule has 1 heterocycles. The van der Waals surface area contributed by atoms with Gasteiger partial charge in [0.1, 0.15) is 11.4 Å². The fourth-order valence-corrected chi connectivity index (χ4v) is 8.18. The van der Waals surface area contributed by atoms with E-state index in [1.165, 1.54) is 0 Å². The molecule has 3 aromatic rings. The Morgan fingerprint density at radius 1 is 0.960 bits per heavy atom. The van der Waals surface area contributed by atoms with E-state index in [0.717, 1.165) is 24.7 Å². The van der Waals surface area contributed by atoms with E-state index in [1.807, 2.05) is 12.1 Å². The van der Waals surface area contributed by atoms with Crippen LogP contribution in [0.3, 0.4) is 0 Å². The lowest BCUT2D eigenvalue weighted by atomic mass is 9.76. The molecule has 0 radical (unpaired) electrons. The lowest BCUT2D eigenvalue weighted by Crippen LogP contribution is -2.59. The number of rotatable bonds is 11. The Bertz CT molecular complexity index is 1830. The van der Waals surface area contributed by atoms with Crippen LogP contribution in [0.5, 0.6) is 5.75 Å². The van der Waals surface area contributed by atoms with E-state index in [1.54, 1.807) is 80.3 Å². The molecule has 2 amide bonds. The molecule has 1 aliphatic heterocycles. The van der Waals surface area contributed by atoms with E-state index in [2.05, 4.69) is 10.0 Å². The van der Waals surface area contributed by atoms with Crippen molar-refractivity contribution in [3.8, 4) is 5.75 Å². The molecule has 4 atom stereocenters. The molecule has 268 valence electrons. The maximum atomic E-state index is 14.4. The van der Waals surface area contributed by atoms with Crippen molar-refractivity contribution in [2.45, 2.75) is 82.5 Å². The van der Waals surface area contributed by atoms with Gasteiger partial charge in [0.25, 0.3) is 5.91 Å². The minimum absolute atomic E-state index is 0.209. The first-order valence-electron chi connectivity index (χ1n) is 16.7. The molecule has 0 spiro atoms.